The van der Waals surface area contributed by atoms with E-state index >= 15 is 0 Å². The second-order valence-electron chi connectivity index (χ2n) is 5.04. The standard InChI is InChI=1S/C11H11Br2N5O/c12-5-4-6-8(19)17-3-1-2-11(17)9(15-10(14)16-11)18(6)7(5)13/h4,9H,1-3H2,(H3,14,15,16)/t9-,11+/m0/s1. The van der Waals surface area contributed by atoms with Crippen LogP contribution in [0.3, 0.4) is 0 Å². The van der Waals surface area contributed by atoms with Crippen LogP contribution in [0.15, 0.2) is 20.1 Å². The van der Waals surface area contributed by atoms with Crippen LogP contribution in [0.5, 0.6) is 0 Å². The highest BCUT2D eigenvalue weighted by Crippen LogP contribution is 2.47. The molecule has 0 aliphatic carbocycles. The van der Waals surface area contributed by atoms with Gasteiger partial charge in [0.05, 0.1) is 4.47 Å². The Kier molecular flexibility index (Phi) is 2.20. The third kappa shape index (κ3) is 1.26. The monoisotopic (exact) mass is 387 g/mol. The van der Waals surface area contributed by atoms with Crippen LogP contribution in [-0.4, -0.2) is 33.5 Å². The molecule has 0 saturated carbocycles. The summed E-state index contributed by atoms with van der Waals surface area (Å²) >= 11 is 6.98. The highest BCUT2D eigenvalue weighted by atomic mass is 79.9. The molecule has 1 aromatic rings. The molecule has 8 heteroatoms. The van der Waals surface area contributed by atoms with E-state index in [1.54, 1.807) is 0 Å². The summed E-state index contributed by atoms with van der Waals surface area (Å²) in [5, 5.41) is 3.21. The molecule has 4 rings (SSSR count). The molecule has 0 bridgehead atoms. The summed E-state index contributed by atoms with van der Waals surface area (Å²) in [5.74, 6) is 0.423. The van der Waals surface area contributed by atoms with Crippen molar-refractivity contribution in [2.75, 3.05) is 6.54 Å². The number of nitrogens with zero attached hydrogens (tertiary/aromatic N) is 3. The number of aliphatic imine (C=N–C) groups is 1. The Labute approximate surface area is 126 Å². The van der Waals surface area contributed by atoms with Crippen LogP contribution in [0.1, 0.15) is 29.5 Å². The number of rotatable bonds is 0. The van der Waals surface area contributed by atoms with Gasteiger partial charge in [-0.3, -0.25) is 4.79 Å². The first-order valence-corrected chi connectivity index (χ1v) is 7.63. The van der Waals surface area contributed by atoms with E-state index < -0.39 is 5.66 Å². The summed E-state index contributed by atoms with van der Waals surface area (Å²) < 4.78 is 3.60. The predicted octanol–water partition coefficient (Wildman–Crippen LogP) is 1.38. The number of hydrogen-bond acceptors (Lipinski definition) is 4. The zero-order chi connectivity index (χ0) is 13.4. The number of fused-ring (bicyclic) bond motifs is 2. The van der Waals surface area contributed by atoms with Crippen LogP contribution in [0.25, 0.3) is 0 Å². The van der Waals surface area contributed by atoms with E-state index in [9.17, 15) is 4.79 Å². The Morgan fingerprint density at radius 3 is 3.11 bits per heavy atom. The molecule has 3 aliphatic heterocycles. The third-order valence-corrected chi connectivity index (χ3v) is 6.04. The largest absolute Gasteiger partial charge is 0.370 e. The van der Waals surface area contributed by atoms with Gasteiger partial charge in [0.15, 0.2) is 17.8 Å². The second kappa shape index (κ2) is 3.54. The molecule has 100 valence electrons. The van der Waals surface area contributed by atoms with Crippen LogP contribution >= 0.6 is 31.9 Å². The van der Waals surface area contributed by atoms with E-state index in [4.69, 9.17) is 5.73 Å². The van der Waals surface area contributed by atoms with Crippen LogP contribution < -0.4 is 11.1 Å². The van der Waals surface area contributed by atoms with Gasteiger partial charge in [-0.15, -0.1) is 0 Å². The van der Waals surface area contributed by atoms with E-state index in [0.717, 1.165) is 28.5 Å². The minimum Gasteiger partial charge on any atom is -0.370 e. The van der Waals surface area contributed by atoms with Crippen molar-refractivity contribution in [3.05, 3.63) is 20.8 Å². The predicted molar refractivity (Wildman–Crippen MR) is 76.6 cm³/mol. The Hall–Kier alpha value is -1.02. The number of amides is 1. The Bertz CT molecular complexity index is 639. The molecule has 2 atom stereocenters. The molecule has 19 heavy (non-hydrogen) atoms. The number of halogens is 2. The third-order valence-electron chi connectivity index (χ3n) is 4.09. The fourth-order valence-corrected chi connectivity index (χ4v) is 4.27. The zero-order valence-corrected chi connectivity index (χ0v) is 13.0. The second-order valence-corrected chi connectivity index (χ2v) is 6.64. The van der Waals surface area contributed by atoms with Crippen LogP contribution in [0.2, 0.25) is 0 Å². The molecule has 6 nitrogen and oxygen atoms in total. The topological polar surface area (TPSA) is 75.6 Å². The van der Waals surface area contributed by atoms with E-state index in [-0.39, 0.29) is 12.1 Å². The van der Waals surface area contributed by atoms with Gasteiger partial charge in [0.1, 0.15) is 10.3 Å². The molecule has 0 aromatic carbocycles. The number of hydrogen-bond donors (Lipinski definition) is 2. The van der Waals surface area contributed by atoms with Crippen molar-refractivity contribution in [3.63, 3.8) is 0 Å². The molecular formula is C11H11Br2N5O. The fraction of sp³-hybridized carbons (Fsp3) is 0.455. The highest BCUT2D eigenvalue weighted by Gasteiger charge is 2.58. The first-order chi connectivity index (χ1) is 9.04. The lowest BCUT2D eigenvalue weighted by molar-refractivity contribution is 0.0323. The summed E-state index contributed by atoms with van der Waals surface area (Å²) in [4.78, 5) is 19.0. The quantitative estimate of drug-likeness (QED) is 0.704. The Morgan fingerprint density at radius 2 is 2.32 bits per heavy atom. The average Bonchev–Trinajstić information content (AvgIpc) is 2.99. The number of aromatic nitrogens is 1. The van der Waals surface area contributed by atoms with Gasteiger partial charge in [0, 0.05) is 6.54 Å². The lowest BCUT2D eigenvalue weighted by Gasteiger charge is -2.43. The molecule has 4 heterocycles. The van der Waals surface area contributed by atoms with Gasteiger partial charge in [0.25, 0.3) is 5.91 Å². The minimum atomic E-state index is -0.491. The lowest BCUT2D eigenvalue weighted by Crippen LogP contribution is -2.63. The molecule has 0 radical (unpaired) electrons. The van der Waals surface area contributed by atoms with Crippen molar-refractivity contribution >= 4 is 43.7 Å². The summed E-state index contributed by atoms with van der Waals surface area (Å²) in [7, 11) is 0. The number of carbonyl (C=O) groups is 1. The minimum absolute atomic E-state index is 0.0255. The normalized spacial score (nSPS) is 31.7. The SMILES string of the molecule is NC1=N[C@H]2n3c(cc(Br)c3Br)C(=O)N3CCC[C@]23N1. The van der Waals surface area contributed by atoms with Gasteiger partial charge in [-0.05, 0) is 50.8 Å². The summed E-state index contributed by atoms with van der Waals surface area (Å²) in [6.45, 7) is 0.742. The first-order valence-electron chi connectivity index (χ1n) is 6.04. The summed E-state index contributed by atoms with van der Waals surface area (Å²) in [5.41, 5.74) is 6.01. The molecular weight excluding hydrogens is 378 g/mol. The highest BCUT2D eigenvalue weighted by molar-refractivity contribution is 9.13. The molecule has 1 spiro atoms. The van der Waals surface area contributed by atoms with Crippen molar-refractivity contribution in [1.29, 1.82) is 0 Å². The summed E-state index contributed by atoms with van der Waals surface area (Å²) in [6, 6.07) is 1.83. The van der Waals surface area contributed by atoms with Gasteiger partial charge >= 0.3 is 0 Å². The zero-order valence-electron chi connectivity index (χ0n) is 9.86. The molecule has 0 unspecified atom stereocenters. The van der Waals surface area contributed by atoms with Crippen molar-refractivity contribution in [1.82, 2.24) is 14.8 Å². The Morgan fingerprint density at radius 1 is 1.53 bits per heavy atom. The van der Waals surface area contributed by atoms with Crippen molar-refractivity contribution < 1.29 is 4.79 Å². The van der Waals surface area contributed by atoms with Crippen molar-refractivity contribution in [2.45, 2.75) is 24.7 Å². The number of carbonyl (C=O) groups excluding carboxylic acids is 1. The summed E-state index contributed by atoms with van der Waals surface area (Å²) in [6.07, 6.45) is 1.61. The maximum Gasteiger partial charge on any atom is 0.272 e. The van der Waals surface area contributed by atoms with Gasteiger partial charge < -0.3 is 20.5 Å². The number of guanidine groups is 1. The maximum absolute atomic E-state index is 12.6. The van der Waals surface area contributed by atoms with E-state index in [1.165, 1.54) is 0 Å². The van der Waals surface area contributed by atoms with Gasteiger partial charge in [-0.1, -0.05) is 0 Å². The number of nitrogens with one attached hydrogen (secondary N) is 1. The van der Waals surface area contributed by atoms with Crippen LogP contribution in [-0.2, 0) is 0 Å². The van der Waals surface area contributed by atoms with E-state index in [1.807, 2.05) is 15.5 Å². The lowest BCUT2D eigenvalue weighted by atomic mass is 10.0. The molecule has 1 amide bonds. The fourth-order valence-electron chi connectivity index (χ4n) is 3.36. The van der Waals surface area contributed by atoms with Crippen molar-refractivity contribution in [3.8, 4) is 0 Å². The molecule has 1 fully saturated rings. The maximum atomic E-state index is 12.6. The van der Waals surface area contributed by atoms with Gasteiger partial charge in [0.2, 0.25) is 0 Å². The van der Waals surface area contributed by atoms with Crippen molar-refractivity contribution in [2.24, 2.45) is 10.7 Å². The molecule has 3 aliphatic rings. The van der Waals surface area contributed by atoms with Crippen LogP contribution in [0.4, 0.5) is 0 Å². The van der Waals surface area contributed by atoms with E-state index in [0.29, 0.717) is 11.7 Å². The number of nitrogens with two attached hydrogens (primary N) is 1. The van der Waals surface area contributed by atoms with E-state index in [2.05, 4.69) is 42.2 Å². The van der Waals surface area contributed by atoms with Gasteiger partial charge in [-0.2, -0.15) is 0 Å². The Balaban J connectivity index is 2.01. The molecule has 1 saturated heterocycles. The molecule has 3 N–H and O–H groups in total. The molecule has 1 aromatic heterocycles. The van der Waals surface area contributed by atoms with Crippen LogP contribution in [0, 0.1) is 0 Å². The smallest absolute Gasteiger partial charge is 0.272 e. The van der Waals surface area contributed by atoms with Gasteiger partial charge in [-0.25, -0.2) is 4.99 Å². The average molecular weight is 389 g/mol. The first kappa shape index (κ1) is 11.8.